The monoisotopic (exact) mass is 402 g/mol. The second-order valence-corrected chi connectivity index (χ2v) is 7.60. The van der Waals surface area contributed by atoms with E-state index >= 15 is 0 Å². The van der Waals surface area contributed by atoms with Crippen molar-refractivity contribution in [1.29, 1.82) is 0 Å². The molecule has 6 nitrogen and oxygen atoms in total. The molecule has 7 heteroatoms. The summed E-state index contributed by atoms with van der Waals surface area (Å²) in [4.78, 5) is 4.70. The number of hydrogen-bond donors (Lipinski definition) is 2. The van der Waals surface area contributed by atoms with Gasteiger partial charge in [0, 0.05) is 44.0 Å². The van der Waals surface area contributed by atoms with E-state index < -0.39 is 0 Å². The van der Waals surface area contributed by atoms with Crippen LogP contribution in [0.4, 0.5) is 0 Å². The van der Waals surface area contributed by atoms with Crippen molar-refractivity contribution in [3.8, 4) is 0 Å². The van der Waals surface area contributed by atoms with E-state index in [0.29, 0.717) is 0 Å². The van der Waals surface area contributed by atoms with Gasteiger partial charge in [-0.1, -0.05) is 30.2 Å². The topological polar surface area (TPSA) is 67.1 Å². The molecule has 0 bridgehead atoms. The number of nitrogens with zero attached hydrogens (tertiary/aromatic N) is 4. The molecule has 1 aliphatic heterocycles. The fraction of sp³-hybridized carbons (Fsp3) is 0.571. The molecule has 0 amide bonds. The number of fused-ring (bicyclic) bond motifs is 1. The van der Waals surface area contributed by atoms with Gasteiger partial charge in [-0.2, -0.15) is 0 Å². The minimum Gasteiger partial charge on any atom is -0.357 e. The van der Waals surface area contributed by atoms with Crippen LogP contribution in [0.1, 0.15) is 49.8 Å². The predicted molar refractivity (Wildman–Crippen MR) is 115 cm³/mol. The molecule has 152 valence electrons. The number of aromatic nitrogens is 3. The molecule has 0 saturated heterocycles. The molecule has 28 heavy (non-hydrogen) atoms. The summed E-state index contributed by atoms with van der Waals surface area (Å²) in [6, 6.07) is 7.99. The van der Waals surface area contributed by atoms with Crippen LogP contribution in [0, 0.1) is 0 Å². The lowest BCUT2D eigenvalue weighted by Crippen LogP contribution is -2.38. The Labute approximate surface area is 172 Å². The van der Waals surface area contributed by atoms with Crippen LogP contribution in [0.25, 0.3) is 0 Å². The highest BCUT2D eigenvalue weighted by Crippen LogP contribution is 2.15. The Kier molecular flexibility index (Phi) is 8.15. The van der Waals surface area contributed by atoms with Crippen molar-refractivity contribution in [1.82, 2.24) is 25.4 Å². The maximum atomic E-state index is 5.94. The van der Waals surface area contributed by atoms with Crippen LogP contribution in [0.15, 0.2) is 29.3 Å². The fourth-order valence-electron chi connectivity index (χ4n) is 3.48. The Bertz CT molecular complexity index is 753. The van der Waals surface area contributed by atoms with E-state index in [1.54, 1.807) is 0 Å². The molecule has 0 atom stereocenters. The Morgan fingerprint density at radius 3 is 2.79 bits per heavy atom. The van der Waals surface area contributed by atoms with Gasteiger partial charge in [0.15, 0.2) is 5.96 Å². The Morgan fingerprint density at radius 1 is 1.11 bits per heavy atom. The average molecular weight is 403 g/mol. The van der Waals surface area contributed by atoms with Gasteiger partial charge >= 0.3 is 0 Å². The SMILES string of the molecule is CCNC(=NCCCc1nnc2n1CCCCC2)NCCc1ccc(Cl)cc1. The number of benzene rings is 1. The van der Waals surface area contributed by atoms with E-state index in [9.17, 15) is 0 Å². The number of aliphatic imine (C=N–C) groups is 1. The Hall–Kier alpha value is -2.08. The van der Waals surface area contributed by atoms with Gasteiger partial charge in [-0.25, -0.2) is 0 Å². The number of aryl methyl sites for hydroxylation is 2. The van der Waals surface area contributed by atoms with Gasteiger partial charge in [0.2, 0.25) is 0 Å². The quantitative estimate of drug-likeness (QED) is 0.403. The van der Waals surface area contributed by atoms with Gasteiger partial charge in [0.05, 0.1) is 0 Å². The van der Waals surface area contributed by atoms with Crippen LogP contribution in [-0.4, -0.2) is 40.4 Å². The summed E-state index contributed by atoms with van der Waals surface area (Å²) >= 11 is 5.94. The minimum atomic E-state index is 0.774. The fourth-order valence-corrected chi connectivity index (χ4v) is 3.60. The molecule has 2 aromatic rings. The first kappa shape index (κ1) is 20.6. The third kappa shape index (κ3) is 6.23. The van der Waals surface area contributed by atoms with Crippen molar-refractivity contribution in [3.63, 3.8) is 0 Å². The second kappa shape index (κ2) is 11.1. The average Bonchev–Trinajstić information content (AvgIpc) is 2.93. The van der Waals surface area contributed by atoms with Crippen molar-refractivity contribution in [2.75, 3.05) is 19.6 Å². The highest BCUT2D eigenvalue weighted by molar-refractivity contribution is 6.30. The van der Waals surface area contributed by atoms with E-state index in [0.717, 1.165) is 74.5 Å². The van der Waals surface area contributed by atoms with Crippen LogP contribution in [0.5, 0.6) is 0 Å². The summed E-state index contributed by atoms with van der Waals surface area (Å²) in [7, 11) is 0. The van der Waals surface area contributed by atoms with Crippen LogP contribution in [0.3, 0.4) is 0 Å². The second-order valence-electron chi connectivity index (χ2n) is 7.16. The third-order valence-electron chi connectivity index (χ3n) is 4.98. The summed E-state index contributed by atoms with van der Waals surface area (Å²) in [6.45, 7) is 5.62. The van der Waals surface area contributed by atoms with Crippen molar-refractivity contribution in [2.45, 2.75) is 58.4 Å². The third-order valence-corrected chi connectivity index (χ3v) is 5.23. The molecule has 3 rings (SSSR count). The Balaban J connectivity index is 1.44. The van der Waals surface area contributed by atoms with Crippen LogP contribution < -0.4 is 10.6 Å². The molecule has 0 unspecified atom stereocenters. The van der Waals surface area contributed by atoms with Crippen LogP contribution in [-0.2, 0) is 25.8 Å². The summed E-state index contributed by atoms with van der Waals surface area (Å²) in [5, 5.41) is 16.3. The number of nitrogens with one attached hydrogen (secondary N) is 2. The zero-order valence-corrected chi connectivity index (χ0v) is 17.5. The smallest absolute Gasteiger partial charge is 0.191 e. The zero-order valence-electron chi connectivity index (χ0n) is 16.8. The minimum absolute atomic E-state index is 0.774. The molecular formula is C21H31ClN6. The normalized spacial score (nSPS) is 14.4. The van der Waals surface area contributed by atoms with E-state index in [-0.39, 0.29) is 0 Å². The first-order valence-corrected chi connectivity index (χ1v) is 10.8. The lowest BCUT2D eigenvalue weighted by atomic mass is 10.1. The molecular weight excluding hydrogens is 372 g/mol. The largest absolute Gasteiger partial charge is 0.357 e. The van der Waals surface area contributed by atoms with Gasteiger partial charge in [-0.05, 0) is 50.3 Å². The lowest BCUT2D eigenvalue weighted by molar-refractivity contribution is 0.597. The Morgan fingerprint density at radius 2 is 1.96 bits per heavy atom. The first-order chi connectivity index (χ1) is 13.8. The lowest BCUT2D eigenvalue weighted by Gasteiger charge is -2.11. The number of rotatable bonds is 8. The molecule has 0 saturated carbocycles. The van der Waals surface area contributed by atoms with Gasteiger partial charge in [0.1, 0.15) is 11.6 Å². The molecule has 1 aromatic carbocycles. The van der Waals surface area contributed by atoms with Gasteiger partial charge in [-0.3, -0.25) is 4.99 Å². The summed E-state index contributed by atoms with van der Waals surface area (Å²) in [5.41, 5.74) is 1.26. The van der Waals surface area contributed by atoms with E-state index in [2.05, 4.69) is 44.5 Å². The number of halogens is 1. The zero-order chi connectivity index (χ0) is 19.6. The van der Waals surface area contributed by atoms with E-state index in [1.807, 2.05) is 12.1 Å². The molecule has 0 spiro atoms. The van der Waals surface area contributed by atoms with Crippen LogP contribution in [0.2, 0.25) is 5.02 Å². The van der Waals surface area contributed by atoms with Gasteiger partial charge in [-0.15, -0.1) is 10.2 Å². The van der Waals surface area contributed by atoms with Crippen LogP contribution >= 0.6 is 11.6 Å². The van der Waals surface area contributed by atoms with Gasteiger partial charge in [0.25, 0.3) is 0 Å². The van der Waals surface area contributed by atoms with Crippen molar-refractivity contribution in [3.05, 3.63) is 46.5 Å². The first-order valence-electron chi connectivity index (χ1n) is 10.4. The summed E-state index contributed by atoms with van der Waals surface area (Å²) < 4.78 is 2.33. The van der Waals surface area contributed by atoms with Crippen molar-refractivity contribution in [2.24, 2.45) is 4.99 Å². The van der Waals surface area contributed by atoms with E-state index in [1.165, 1.54) is 24.8 Å². The molecule has 2 N–H and O–H groups in total. The van der Waals surface area contributed by atoms with Crippen molar-refractivity contribution < 1.29 is 0 Å². The molecule has 1 aliphatic rings. The maximum Gasteiger partial charge on any atom is 0.191 e. The highest BCUT2D eigenvalue weighted by atomic mass is 35.5. The molecule has 2 heterocycles. The molecule has 0 radical (unpaired) electrons. The van der Waals surface area contributed by atoms with E-state index in [4.69, 9.17) is 16.6 Å². The summed E-state index contributed by atoms with van der Waals surface area (Å²) in [6.07, 6.45) is 7.67. The standard InChI is InChI=1S/C21H31ClN6/c1-2-23-21(25-15-13-17-9-11-18(22)12-10-17)24-14-6-8-20-27-26-19-7-4-3-5-16-28(19)20/h9-12H,2-8,13-16H2,1H3,(H2,23,24,25). The molecule has 0 aliphatic carbocycles. The van der Waals surface area contributed by atoms with Crippen molar-refractivity contribution >= 4 is 17.6 Å². The maximum absolute atomic E-state index is 5.94. The number of guanidine groups is 1. The number of hydrogen-bond acceptors (Lipinski definition) is 3. The molecule has 0 fully saturated rings. The predicted octanol–water partition coefficient (Wildman–Crippen LogP) is 3.39. The summed E-state index contributed by atoms with van der Waals surface area (Å²) in [5.74, 6) is 3.15. The highest BCUT2D eigenvalue weighted by Gasteiger charge is 2.13. The van der Waals surface area contributed by atoms with Gasteiger partial charge < -0.3 is 15.2 Å². The molecule has 1 aromatic heterocycles.